The second kappa shape index (κ2) is 7.66. The molecule has 0 bridgehead atoms. The minimum atomic E-state index is -0.606. The van der Waals surface area contributed by atoms with Crippen LogP contribution in [0.3, 0.4) is 0 Å². The van der Waals surface area contributed by atoms with Crippen molar-refractivity contribution in [1.82, 2.24) is 5.32 Å². The lowest BCUT2D eigenvalue weighted by atomic mass is 10.0. The van der Waals surface area contributed by atoms with Crippen molar-refractivity contribution in [3.63, 3.8) is 0 Å². The molecule has 0 radical (unpaired) electrons. The van der Waals surface area contributed by atoms with Crippen molar-refractivity contribution in [1.29, 1.82) is 0 Å². The minimum absolute atomic E-state index is 0.0609. The van der Waals surface area contributed by atoms with Crippen LogP contribution in [0.15, 0.2) is 30.9 Å². The van der Waals surface area contributed by atoms with Crippen LogP contribution in [0.4, 0.5) is 9.18 Å². The van der Waals surface area contributed by atoms with Gasteiger partial charge in [-0.1, -0.05) is 12.7 Å². The zero-order chi connectivity index (χ0) is 17.7. The fourth-order valence-corrected chi connectivity index (χ4v) is 2.22. The molecule has 0 aliphatic carbocycles. The summed E-state index contributed by atoms with van der Waals surface area (Å²) in [5.41, 5.74) is 0.000606. The quantitative estimate of drug-likeness (QED) is 0.608. The molecule has 1 saturated heterocycles. The molecule has 2 atom stereocenters. The summed E-state index contributed by atoms with van der Waals surface area (Å²) in [6, 6.07) is 3.96. The Morgan fingerprint density at radius 3 is 2.79 bits per heavy atom. The summed E-state index contributed by atoms with van der Waals surface area (Å²) in [5.74, 6) is -0.0446. The molecule has 1 aromatic rings. The molecule has 1 aromatic carbocycles. The monoisotopic (exact) mass is 337 g/mol. The maximum Gasteiger partial charge on any atom is 0.408 e. The lowest BCUT2D eigenvalue weighted by Gasteiger charge is -2.24. The highest BCUT2D eigenvalue weighted by Gasteiger charge is 2.30. The molecule has 1 aliphatic rings. The van der Waals surface area contributed by atoms with E-state index in [1.54, 1.807) is 32.9 Å². The zero-order valence-electron chi connectivity index (χ0n) is 14.3. The molecular weight excluding hydrogens is 313 g/mol. The van der Waals surface area contributed by atoms with Crippen LogP contribution in [0, 0.1) is 5.82 Å². The number of amides is 1. The molecule has 1 aliphatic heterocycles. The molecule has 2 unspecified atom stereocenters. The number of carbonyl (C=O) groups is 1. The Morgan fingerprint density at radius 2 is 2.21 bits per heavy atom. The average Bonchev–Trinajstić information content (AvgIpc) is 3.26. The number of epoxide rings is 1. The van der Waals surface area contributed by atoms with E-state index in [1.165, 1.54) is 12.1 Å². The zero-order valence-corrected chi connectivity index (χ0v) is 14.3. The maximum atomic E-state index is 13.9. The van der Waals surface area contributed by atoms with Crippen molar-refractivity contribution in [3.8, 4) is 5.75 Å². The van der Waals surface area contributed by atoms with E-state index in [2.05, 4.69) is 11.9 Å². The number of ether oxygens (including phenoxy) is 3. The van der Waals surface area contributed by atoms with E-state index in [-0.39, 0.29) is 12.7 Å². The van der Waals surface area contributed by atoms with Crippen LogP contribution in [-0.2, 0) is 9.47 Å². The Balaban J connectivity index is 2.15. The van der Waals surface area contributed by atoms with Gasteiger partial charge in [-0.15, -0.1) is 0 Å². The molecule has 5 nitrogen and oxygen atoms in total. The molecule has 0 aromatic heterocycles. The third kappa shape index (κ3) is 6.20. The van der Waals surface area contributed by atoms with Crippen molar-refractivity contribution < 1.29 is 23.4 Å². The summed E-state index contributed by atoms with van der Waals surface area (Å²) in [5, 5.41) is 2.79. The number of rotatable bonds is 7. The molecule has 1 N–H and O–H groups in total. The van der Waals surface area contributed by atoms with Crippen molar-refractivity contribution >= 4 is 6.09 Å². The minimum Gasteiger partial charge on any atom is -0.489 e. The summed E-state index contributed by atoms with van der Waals surface area (Å²) in [6.07, 6.45) is 1.64. The number of carbonyl (C=O) groups excluding carboxylic acids is 1. The van der Waals surface area contributed by atoms with Crippen LogP contribution in [-0.4, -0.2) is 31.0 Å². The number of nitrogens with one attached hydrogen (secondary N) is 1. The van der Waals surface area contributed by atoms with E-state index >= 15 is 0 Å². The smallest absolute Gasteiger partial charge is 0.408 e. The van der Waals surface area contributed by atoms with Gasteiger partial charge < -0.3 is 19.5 Å². The SMILES string of the molecule is C=CCOc1cc(F)cc(C(CC2CO2)NC(=O)OC(C)(C)C)c1. The summed E-state index contributed by atoms with van der Waals surface area (Å²) in [7, 11) is 0. The van der Waals surface area contributed by atoms with E-state index in [1.807, 2.05) is 0 Å². The van der Waals surface area contributed by atoms with Gasteiger partial charge >= 0.3 is 6.09 Å². The van der Waals surface area contributed by atoms with Gasteiger partial charge in [0.2, 0.25) is 0 Å². The fraction of sp³-hybridized carbons (Fsp3) is 0.500. The van der Waals surface area contributed by atoms with Crippen molar-refractivity contribution in [2.75, 3.05) is 13.2 Å². The van der Waals surface area contributed by atoms with Gasteiger partial charge in [0.05, 0.1) is 18.8 Å². The third-order valence-corrected chi connectivity index (χ3v) is 3.26. The molecule has 6 heteroatoms. The number of halogens is 1. The van der Waals surface area contributed by atoms with E-state index in [9.17, 15) is 9.18 Å². The van der Waals surface area contributed by atoms with Gasteiger partial charge in [0.15, 0.2) is 0 Å². The first-order valence-electron chi connectivity index (χ1n) is 7.92. The highest BCUT2D eigenvalue weighted by atomic mass is 19.1. The Kier molecular flexibility index (Phi) is 5.83. The predicted octanol–water partition coefficient (Wildman–Crippen LogP) is 3.75. The summed E-state index contributed by atoms with van der Waals surface area (Å²) in [4.78, 5) is 12.1. The molecular formula is C18H24FNO4. The largest absolute Gasteiger partial charge is 0.489 e. The van der Waals surface area contributed by atoms with Gasteiger partial charge in [0.25, 0.3) is 0 Å². The van der Waals surface area contributed by atoms with Crippen LogP contribution in [0.25, 0.3) is 0 Å². The predicted molar refractivity (Wildman–Crippen MR) is 88.6 cm³/mol. The van der Waals surface area contributed by atoms with Crippen molar-refractivity contribution in [3.05, 3.63) is 42.2 Å². The Labute approximate surface area is 141 Å². The lowest BCUT2D eigenvalue weighted by Crippen LogP contribution is -2.35. The molecule has 1 heterocycles. The highest BCUT2D eigenvalue weighted by Crippen LogP contribution is 2.29. The Hall–Kier alpha value is -2.08. The topological polar surface area (TPSA) is 60.1 Å². The third-order valence-electron chi connectivity index (χ3n) is 3.26. The van der Waals surface area contributed by atoms with Crippen LogP contribution < -0.4 is 10.1 Å². The van der Waals surface area contributed by atoms with E-state index in [0.717, 1.165) is 0 Å². The van der Waals surface area contributed by atoms with Crippen molar-refractivity contribution in [2.24, 2.45) is 0 Å². The fourth-order valence-electron chi connectivity index (χ4n) is 2.22. The molecule has 1 amide bonds. The Morgan fingerprint density at radius 1 is 1.50 bits per heavy atom. The molecule has 132 valence electrons. The number of hydrogen-bond donors (Lipinski definition) is 1. The van der Waals surface area contributed by atoms with E-state index in [4.69, 9.17) is 14.2 Å². The van der Waals surface area contributed by atoms with Gasteiger partial charge in [-0.2, -0.15) is 0 Å². The summed E-state index contributed by atoms with van der Waals surface area (Å²) >= 11 is 0. The molecule has 1 fully saturated rings. The van der Waals surface area contributed by atoms with Gasteiger partial charge in [-0.25, -0.2) is 9.18 Å². The maximum absolute atomic E-state index is 13.9. The molecule has 0 saturated carbocycles. The van der Waals surface area contributed by atoms with E-state index in [0.29, 0.717) is 24.3 Å². The van der Waals surface area contributed by atoms with Crippen LogP contribution in [0.5, 0.6) is 5.75 Å². The number of benzene rings is 1. The van der Waals surface area contributed by atoms with Crippen LogP contribution >= 0.6 is 0 Å². The average molecular weight is 337 g/mol. The van der Waals surface area contributed by atoms with Crippen molar-refractivity contribution in [2.45, 2.75) is 44.9 Å². The number of alkyl carbamates (subject to hydrolysis) is 1. The van der Waals surface area contributed by atoms with Gasteiger partial charge in [-0.3, -0.25) is 0 Å². The summed E-state index contributed by atoms with van der Waals surface area (Å²) < 4.78 is 29.8. The second-order valence-electron chi connectivity index (χ2n) is 6.71. The molecule has 0 spiro atoms. The van der Waals surface area contributed by atoms with Crippen LogP contribution in [0.2, 0.25) is 0 Å². The first kappa shape index (κ1) is 18.3. The number of hydrogen-bond acceptors (Lipinski definition) is 4. The van der Waals surface area contributed by atoms with Gasteiger partial charge in [0, 0.05) is 12.5 Å². The normalized spacial score (nSPS) is 17.8. The van der Waals surface area contributed by atoms with Crippen LogP contribution in [0.1, 0.15) is 38.8 Å². The lowest BCUT2D eigenvalue weighted by molar-refractivity contribution is 0.0499. The van der Waals surface area contributed by atoms with Gasteiger partial charge in [-0.05, 0) is 38.5 Å². The van der Waals surface area contributed by atoms with Gasteiger partial charge in [0.1, 0.15) is 23.8 Å². The first-order valence-corrected chi connectivity index (χ1v) is 7.92. The summed E-state index contributed by atoms with van der Waals surface area (Å²) in [6.45, 7) is 9.85. The second-order valence-corrected chi connectivity index (χ2v) is 6.71. The standard InChI is InChI=1S/C18H24FNO4/c1-5-6-22-14-8-12(7-13(19)9-14)16(10-15-11-23-15)20-17(21)24-18(2,3)4/h5,7-9,15-16H,1,6,10-11H2,2-4H3,(H,20,21). The van der Waals surface area contributed by atoms with E-state index < -0.39 is 23.6 Å². The molecule has 2 rings (SSSR count). The highest BCUT2D eigenvalue weighted by molar-refractivity contribution is 5.68. The molecule has 24 heavy (non-hydrogen) atoms. The Bertz CT molecular complexity index is 593. The first-order chi connectivity index (χ1) is 11.3.